The van der Waals surface area contributed by atoms with Crippen LogP contribution in [0.25, 0.3) is 0 Å². The van der Waals surface area contributed by atoms with Crippen molar-refractivity contribution in [2.75, 3.05) is 0 Å². The molecule has 2 bridgehead atoms. The van der Waals surface area contributed by atoms with Gasteiger partial charge in [-0.15, -0.1) is 0 Å². The molecule has 0 unspecified atom stereocenters. The minimum atomic E-state index is 1.000. The Hall–Kier alpha value is -0.780. The largest absolute Gasteiger partial charge is 0.0620 e. The Balaban J connectivity index is 1.74. The minimum absolute atomic E-state index is 1.000. The highest BCUT2D eigenvalue weighted by Crippen LogP contribution is 2.78. The van der Waals surface area contributed by atoms with Gasteiger partial charge in [0.05, 0.1) is 0 Å². The fourth-order valence-electron chi connectivity index (χ4n) is 5.11. The van der Waals surface area contributed by atoms with Crippen molar-refractivity contribution in [1.29, 1.82) is 0 Å². The lowest BCUT2D eigenvalue weighted by atomic mass is 9.61. The van der Waals surface area contributed by atoms with Gasteiger partial charge in [0, 0.05) is 0 Å². The van der Waals surface area contributed by atoms with Gasteiger partial charge in [0.15, 0.2) is 0 Å². The highest BCUT2D eigenvalue weighted by molar-refractivity contribution is 5.50. The molecule has 0 saturated heterocycles. The molecule has 0 nitrogen and oxygen atoms in total. The van der Waals surface area contributed by atoms with E-state index < -0.39 is 0 Å². The molecule has 3 saturated carbocycles. The highest BCUT2D eigenvalue weighted by Gasteiger charge is 2.68. The molecule has 14 heavy (non-hydrogen) atoms. The summed E-state index contributed by atoms with van der Waals surface area (Å²) in [5.41, 5.74) is 3.44. The van der Waals surface area contributed by atoms with E-state index in [0.717, 1.165) is 35.5 Å². The van der Waals surface area contributed by atoms with Crippen molar-refractivity contribution in [3.63, 3.8) is 0 Å². The molecule has 1 aromatic rings. The Morgan fingerprint density at radius 2 is 1.21 bits per heavy atom. The van der Waals surface area contributed by atoms with Crippen molar-refractivity contribution in [3.8, 4) is 0 Å². The van der Waals surface area contributed by atoms with Crippen LogP contribution in [0.1, 0.15) is 35.8 Å². The zero-order chi connectivity index (χ0) is 8.86. The third-order valence-corrected chi connectivity index (χ3v) is 5.56. The highest BCUT2D eigenvalue weighted by atomic mass is 14.7. The second-order valence-corrected chi connectivity index (χ2v) is 5.81. The molecule has 0 radical (unpaired) electrons. The fourth-order valence-corrected chi connectivity index (χ4v) is 5.11. The average Bonchev–Trinajstić information content (AvgIpc) is 2.84. The molecule has 70 valence electrons. The van der Waals surface area contributed by atoms with E-state index in [-0.39, 0.29) is 0 Å². The van der Waals surface area contributed by atoms with Crippen molar-refractivity contribution in [2.45, 2.75) is 24.7 Å². The van der Waals surface area contributed by atoms with Crippen LogP contribution in [0.3, 0.4) is 0 Å². The van der Waals surface area contributed by atoms with Gasteiger partial charge in [-0.05, 0) is 59.5 Å². The summed E-state index contributed by atoms with van der Waals surface area (Å²) in [6.45, 7) is 0. The van der Waals surface area contributed by atoms with Gasteiger partial charge in [-0.2, -0.15) is 0 Å². The summed E-state index contributed by atoms with van der Waals surface area (Å²) in [5.74, 6) is 6.53. The summed E-state index contributed by atoms with van der Waals surface area (Å²) < 4.78 is 0. The van der Waals surface area contributed by atoms with Gasteiger partial charge in [-0.25, -0.2) is 0 Å². The van der Waals surface area contributed by atoms with E-state index in [1.165, 1.54) is 0 Å². The molecule has 0 heteroatoms. The Kier molecular flexibility index (Phi) is 0.857. The topological polar surface area (TPSA) is 0 Å². The Morgan fingerprint density at radius 3 is 1.79 bits per heavy atom. The van der Waals surface area contributed by atoms with Gasteiger partial charge < -0.3 is 0 Å². The van der Waals surface area contributed by atoms with Crippen LogP contribution in [0.4, 0.5) is 0 Å². The molecule has 0 N–H and O–H groups in total. The normalized spacial score (nSPS) is 54.6. The quantitative estimate of drug-likeness (QED) is 0.541. The first-order chi connectivity index (χ1) is 6.95. The van der Waals surface area contributed by atoms with Crippen molar-refractivity contribution in [2.24, 2.45) is 23.7 Å². The number of rotatable bonds is 0. The van der Waals surface area contributed by atoms with E-state index >= 15 is 0 Å². The smallest absolute Gasteiger partial charge is 0.00562 e. The van der Waals surface area contributed by atoms with E-state index in [1.54, 1.807) is 24.0 Å². The summed E-state index contributed by atoms with van der Waals surface area (Å²) in [6.07, 6.45) is 3.15. The third-order valence-electron chi connectivity index (χ3n) is 5.56. The van der Waals surface area contributed by atoms with Gasteiger partial charge in [0.1, 0.15) is 0 Å². The zero-order valence-corrected chi connectivity index (χ0v) is 8.19. The summed E-state index contributed by atoms with van der Waals surface area (Å²) in [7, 11) is 0. The monoisotopic (exact) mass is 182 g/mol. The van der Waals surface area contributed by atoms with Crippen LogP contribution in [0, 0.1) is 23.7 Å². The first kappa shape index (κ1) is 6.66. The molecule has 6 atom stereocenters. The molecule has 4 aliphatic rings. The average molecular weight is 182 g/mol. The molecular weight excluding hydrogens is 168 g/mol. The van der Waals surface area contributed by atoms with Gasteiger partial charge in [-0.3, -0.25) is 0 Å². The van der Waals surface area contributed by atoms with Crippen molar-refractivity contribution >= 4 is 0 Å². The maximum absolute atomic E-state index is 2.38. The minimum Gasteiger partial charge on any atom is -0.0620 e. The van der Waals surface area contributed by atoms with E-state index in [4.69, 9.17) is 0 Å². The van der Waals surface area contributed by atoms with Crippen molar-refractivity contribution in [3.05, 3.63) is 35.4 Å². The molecule has 0 aromatic heterocycles. The lowest BCUT2D eigenvalue weighted by Gasteiger charge is -2.42. The summed E-state index contributed by atoms with van der Waals surface area (Å²) in [5, 5.41) is 0. The molecule has 0 aliphatic heterocycles. The fraction of sp³-hybridized carbons (Fsp3) is 0.571. The van der Waals surface area contributed by atoms with Crippen LogP contribution < -0.4 is 0 Å². The second kappa shape index (κ2) is 1.80. The van der Waals surface area contributed by atoms with E-state index in [9.17, 15) is 0 Å². The molecule has 3 fully saturated rings. The van der Waals surface area contributed by atoms with E-state index in [2.05, 4.69) is 24.3 Å². The van der Waals surface area contributed by atoms with Crippen LogP contribution in [0.5, 0.6) is 0 Å². The third kappa shape index (κ3) is 0.504. The van der Waals surface area contributed by atoms with Gasteiger partial charge in [0.25, 0.3) is 0 Å². The molecule has 1 aromatic carbocycles. The predicted octanol–water partition coefficient (Wildman–Crippen LogP) is 3.15. The first-order valence-corrected chi connectivity index (χ1v) is 6.04. The summed E-state index contributed by atoms with van der Waals surface area (Å²) in [6, 6.07) is 9.22. The van der Waals surface area contributed by atoms with Crippen LogP contribution in [-0.2, 0) is 0 Å². The van der Waals surface area contributed by atoms with Crippen LogP contribution in [0.2, 0.25) is 0 Å². The molecule has 5 rings (SSSR count). The Morgan fingerprint density at radius 1 is 0.714 bits per heavy atom. The summed E-state index contributed by atoms with van der Waals surface area (Å²) in [4.78, 5) is 0. The van der Waals surface area contributed by atoms with Crippen molar-refractivity contribution < 1.29 is 0 Å². The molecule has 4 aliphatic carbocycles. The Bertz CT molecular complexity index is 394. The molecular formula is C14H14. The lowest BCUT2D eigenvalue weighted by Crippen LogP contribution is -2.30. The zero-order valence-electron chi connectivity index (χ0n) is 8.19. The SMILES string of the molecule is c1ccc2c(c1)[C@@H]1[C@H]3C[C@H]([C@@H]4C[C@@H]43)[C@H]21. The van der Waals surface area contributed by atoms with E-state index in [0.29, 0.717) is 0 Å². The van der Waals surface area contributed by atoms with Crippen molar-refractivity contribution in [1.82, 2.24) is 0 Å². The number of benzene rings is 1. The van der Waals surface area contributed by atoms with Gasteiger partial charge >= 0.3 is 0 Å². The van der Waals surface area contributed by atoms with Gasteiger partial charge in [0.2, 0.25) is 0 Å². The van der Waals surface area contributed by atoms with Crippen LogP contribution in [0.15, 0.2) is 24.3 Å². The van der Waals surface area contributed by atoms with Crippen LogP contribution in [-0.4, -0.2) is 0 Å². The number of fused-ring (bicyclic) bond motifs is 11. The maximum Gasteiger partial charge on any atom is -0.00562 e. The van der Waals surface area contributed by atoms with Gasteiger partial charge in [-0.1, -0.05) is 24.3 Å². The Labute approximate surface area is 84.3 Å². The predicted molar refractivity (Wildman–Crippen MR) is 55.1 cm³/mol. The maximum atomic E-state index is 2.38. The lowest BCUT2D eigenvalue weighted by molar-refractivity contribution is 0.309. The van der Waals surface area contributed by atoms with Crippen LogP contribution >= 0.6 is 0 Å². The van der Waals surface area contributed by atoms with E-state index in [1.807, 2.05) is 0 Å². The summed E-state index contributed by atoms with van der Waals surface area (Å²) >= 11 is 0. The molecule has 0 spiro atoms. The molecule has 0 amide bonds. The first-order valence-electron chi connectivity index (χ1n) is 6.04. The molecule has 0 heterocycles. The standard InChI is InChI=1S/C14H14/c1-2-4-8-7(3-1)13-11-6-12(14(8)13)10-5-9(10)11/h1-4,9-14H,5-6H2/t9-,10+,11-,12+,13+,14-. The number of hydrogen-bond acceptors (Lipinski definition) is 0. The second-order valence-electron chi connectivity index (χ2n) is 5.81. The number of hydrogen-bond donors (Lipinski definition) is 0.